The van der Waals surface area contributed by atoms with Crippen molar-refractivity contribution in [2.75, 3.05) is 6.54 Å². The van der Waals surface area contributed by atoms with Gasteiger partial charge in [0.2, 0.25) is 0 Å². The van der Waals surface area contributed by atoms with Crippen LogP contribution in [0.3, 0.4) is 0 Å². The Morgan fingerprint density at radius 2 is 1.69 bits per heavy atom. The largest absolute Gasteiger partial charge is 0.490 e. The summed E-state index contributed by atoms with van der Waals surface area (Å²) in [4.78, 5) is 25.1. The van der Waals surface area contributed by atoms with Crippen LogP contribution in [-0.2, 0) is 11.2 Å². The second kappa shape index (κ2) is 11.6. The minimum atomic E-state index is -5.08. The minimum absolute atomic E-state index is 0.116. The first-order valence-electron chi connectivity index (χ1n) is 9.76. The molecule has 7 nitrogen and oxygen atoms in total. The van der Waals surface area contributed by atoms with E-state index in [-0.39, 0.29) is 5.91 Å². The average Bonchev–Trinajstić information content (AvgIpc) is 3.25. The van der Waals surface area contributed by atoms with Gasteiger partial charge < -0.3 is 10.4 Å². The van der Waals surface area contributed by atoms with E-state index in [0.29, 0.717) is 12.2 Å². The number of pyridine rings is 1. The molecule has 0 radical (unpaired) electrons. The van der Waals surface area contributed by atoms with Gasteiger partial charge in [-0.3, -0.25) is 14.9 Å². The molecular weight excluding hydrogens is 425 g/mol. The highest BCUT2D eigenvalue weighted by Gasteiger charge is 2.38. The third-order valence-corrected chi connectivity index (χ3v) is 4.34. The van der Waals surface area contributed by atoms with E-state index in [4.69, 9.17) is 9.90 Å². The highest BCUT2D eigenvalue weighted by molar-refractivity contribution is 5.93. The minimum Gasteiger partial charge on any atom is -0.475 e. The van der Waals surface area contributed by atoms with Crippen LogP contribution in [0.4, 0.5) is 13.2 Å². The Balaban J connectivity index is 0.000000451. The Kier molecular flexibility index (Phi) is 8.94. The summed E-state index contributed by atoms with van der Waals surface area (Å²) in [5, 5.41) is 17.1. The summed E-state index contributed by atoms with van der Waals surface area (Å²) in [7, 11) is 0. The van der Waals surface area contributed by atoms with Crippen molar-refractivity contribution in [3.05, 3.63) is 71.7 Å². The number of aromatic amines is 1. The fourth-order valence-corrected chi connectivity index (χ4v) is 2.61. The molecule has 0 spiro atoms. The number of aromatic nitrogens is 3. The summed E-state index contributed by atoms with van der Waals surface area (Å²) in [6.07, 6.45) is 1.50. The number of carboxylic acids is 1. The van der Waals surface area contributed by atoms with Gasteiger partial charge in [-0.2, -0.15) is 18.3 Å². The predicted molar refractivity (Wildman–Crippen MR) is 112 cm³/mol. The molecule has 0 aliphatic heterocycles. The molecule has 0 aliphatic rings. The lowest BCUT2D eigenvalue weighted by molar-refractivity contribution is -0.192. The van der Waals surface area contributed by atoms with E-state index in [2.05, 4.69) is 20.5 Å². The molecule has 1 amide bonds. The first-order chi connectivity index (χ1) is 15.2. The maximum Gasteiger partial charge on any atom is 0.490 e. The topological polar surface area (TPSA) is 108 Å². The van der Waals surface area contributed by atoms with Crippen molar-refractivity contribution in [3.63, 3.8) is 0 Å². The smallest absolute Gasteiger partial charge is 0.475 e. The van der Waals surface area contributed by atoms with Gasteiger partial charge in [0.05, 0.1) is 5.69 Å². The van der Waals surface area contributed by atoms with E-state index in [1.165, 1.54) is 11.1 Å². The molecule has 1 aromatic carbocycles. The van der Waals surface area contributed by atoms with Crippen LogP contribution in [0.15, 0.2) is 54.9 Å². The number of nitrogens with one attached hydrogen (secondary N) is 2. The SMILES string of the molecule is Cc1ccc(-c2cc(C(=O)NCCCCc3ccncc3)[nH]n2)cc1.O=C(O)C(F)(F)F. The highest BCUT2D eigenvalue weighted by atomic mass is 19.4. The van der Waals surface area contributed by atoms with Gasteiger partial charge in [-0.1, -0.05) is 29.8 Å². The van der Waals surface area contributed by atoms with Crippen LogP contribution in [0.5, 0.6) is 0 Å². The summed E-state index contributed by atoms with van der Waals surface area (Å²) >= 11 is 0. The summed E-state index contributed by atoms with van der Waals surface area (Å²) in [5.74, 6) is -2.87. The van der Waals surface area contributed by atoms with Gasteiger partial charge in [-0.15, -0.1) is 0 Å². The maximum absolute atomic E-state index is 12.2. The molecule has 0 saturated carbocycles. The van der Waals surface area contributed by atoms with Crippen molar-refractivity contribution in [2.45, 2.75) is 32.4 Å². The van der Waals surface area contributed by atoms with Gasteiger partial charge in [0.15, 0.2) is 0 Å². The van der Waals surface area contributed by atoms with Crippen molar-refractivity contribution in [3.8, 4) is 11.3 Å². The molecule has 10 heteroatoms. The summed E-state index contributed by atoms with van der Waals surface area (Å²) < 4.78 is 31.7. The monoisotopic (exact) mass is 448 g/mol. The van der Waals surface area contributed by atoms with E-state index in [0.717, 1.165) is 30.5 Å². The first-order valence-corrected chi connectivity index (χ1v) is 9.76. The zero-order valence-electron chi connectivity index (χ0n) is 17.3. The van der Waals surface area contributed by atoms with E-state index in [1.807, 2.05) is 43.3 Å². The molecular formula is C22H23F3N4O3. The van der Waals surface area contributed by atoms with E-state index >= 15 is 0 Å². The van der Waals surface area contributed by atoms with Crippen molar-refractivity contribution in [1.29, 1.82) is 0 Å². The number of hydrogen-bond donors (Lipinski definition) is 3. The number of alkyl halides is 3. The Bertz CT molecular complexity index is 1000. The zero-order valence-corrected chi connectivity index (χ0v) is 17.3. The van der Waals surface area contributed by atoms with Crippen molar-refractivity contribution >= 4 is 11.9 Å². The fourth-order valence-electron chi connectivity index (χ4n) is 2.61. The van der Waals surface area contributed by atoms with Crippen molar-refractivity contribution in [1.82, 2.24) is 20.5 Å². The average molecular weight is 448 g/mol. The molecule has 3 rings (SSSR count). The standard InChI is InChI=1S/C20H22N4O.C2HF3O2/c1-15-5-7-17(8-6-15)18-14-19(24-23-18)20(25)22-11-3-2-4-16-9-12-21-13-10-16;3-2(4,5)1(6)7/h5-10,12-14H,2-4,11H2,1H3,(H,22,25)(H,23,24);(H,6,7). The van der Waals surface area contributed by atoms with Crippen molar-refractivity contribution in [2.24, 2.45) is 0 Å². The highest BCUT2D eigenvalue weighted by Crippen LogP contribution is 2.18. The molecule has 2 heterocycles. The molecule has 0 fully saturated rings. The molecule has 0 aliphatic carbocycles. The molecule has 2 aromatic heterocycles. The summed E-state index contributed by atoms with van der Waals surface area (Å²) in [6.45, 7) is 2.70. The molecule has 0 atom stereocenters. The van der Waals surface area contributed by atoms with Gasteiger partial charge in [0.25, 0.3) is 5.91 Å². The lowest BCUT2D eigenvalue weighted by Crippen LogP contribution is -2.24. The third-order valence-electron chi connectivity index (χ3n) is 4.34. The van der Waals surface area contributed by atoms with Gasteiger partial charge in [-0.25, -0.2) is 4.79 Å². The number of carbonyl (C=O) groups excluding carboxylic acids is 1. The van der Waals surface area contributed by atoms with Gasteiger partial charge in [-0.05, 0) is 49.9 Å². The summed E-state index contributed by atoms with van der Waals surface area (Å²) in [6, 6.07) is 13.9. The van der Waals surface area contributed by atoms with Gasteiger partial charge in [0.1, 0.15) is 5.69 Å². The summed E-state index contributed by atoms with van der Waals surface area (Å²) in [5.41, 5.74) is 4.74. The number of carboxylic acid groups (broad SMARTS) is 1. The fraction of sp³-hybridized carbons (Fsp3) is 0.273. The Morgan fingerprint density at radius 1 is 1.06 bits per heavy atom. The van der Waals surface area contributed by atoms with Crippen LogP contribution < -0.4 is 5.32 Å². The number of nitrogens with zero attached hydrogens (tertiary/aromatic N) is 2. The molecule has 32 heavy (non-hydrogen) atoms. The predicted octanol–water partition coefficient (Wildman–Crippen LogP) is 4.17. The molecule has 0 bridgehead atoms. The van der Waals surface area contributed by atoms with Crippen LogP contribution >= 0.6 is 0 Å². The molecule has 3 aromatic rings. The lowest BCUT2D eigenvalue weighted by atomic mass is 10.1. The normalized spacial score (nSPS) is 10.8. The molecule has 0 unspecified atom stereocenters. The molecule has 0 saturated heterocycles. The second-order valence-corrected chi connectivity index (χ2v) is 6.90. The number of aryl methyl sites for hydroxylation is 2. The number of benzene rings is 1. The van der Waals surface area contributed by atoms with Crippen molar-refractivity contribution < 1.29 is 27.9 Å². The third kappa shape index (κ3) is 8.21. The lowest BCUT2D eigenvalue weighted by Gasteiger charge is -2.03. The number of rotatable bonds is 7. The second-order valence-electron chi connectivity index (χ2n) is 6.90. The Hall–Kier alpha value is -3.69. The number of amides is 1. The number of carbonyl (C=O) groups is 2. The van der Waals surface area contributed by atoms with Crippen LogP contribution in [0, 0.1) is 6.92 Å². The maximum atomic E-state index is 12.2. The van der Waals surface area contributed by atoms with Gasteiger partial charge in [0, 0.05) is 24.5 Å². The number of halogens is 3. The first kappa shape index (κ1) is 24.6. The molecule has 3 N–H and O–H groups in total. The van der Waals surface area contributed by atoms with Crippen LogP contribution in [0.25, 0.3) is 11.3 Å². The van der Waals surface area contributed by atoms with Crippen LogP contribution in [-0.4, -0.2) is 44.9 Å². The zero-order chi connectivity index (χ0) is 23.6. The van der Waals surface area contributed by atoms with Gasteiger partial charge >= 0.3 is 12.1 Å². The van der Waals surface area contributed by atoms with E-state index in [1.54, 1.807) is 18.5 Å². The number of aliphatic carboxylic acids is 1. The number of H-pyrrole nitrogens is 1. The Morgan fingerprint density at radius 3 is 2.28 bits per heavy atom. The van der Waals surface area contributed by atoms with E-state index in [9.17, 15) is 18.0 Å². The Labute approximate surface area is 182 Å². The van der Waals surface area contributed by atoms with Crippen LogP contribution in [0.1, 0.15) is 34.5 Å². The van der Waals surface area contributed by atoms with Crippen LogP contribution in [0.2, 0.25) is 0 Å². The van der Waals surface area contributed by atoms with E-state index < -0.39 is 12.1 Å². The number of unbranched alkanes of at least 4 members (excludes halogenated alkanes) is 1. The molecule has 170 valence electrons. The quantitative estimate of drug-likeness (QED) is 0.470. The number of hydrogen-bond acceptors (Lipinski definition) is 4.